The minimum Gasteiger partial charge on any atom is -0.361 e. The van der Waals surface area contributed by atoms with E-state index in [0.29, 0.717) is 16.3 Å². The van der Waals surface area contributed by atoms with E-state index in [2.05, 4.69) is 11.1 Å². The second-order valence-corrected chi connectivity index (χ2v) is 3.85. The number of fused-ring (bicyclic) bond motifs is 3. The smallest absolute Gasteiger partial charge is 0.188 e. The molecule has 80 valence electrons. The Morgan fingerprint density at radius 1 is 1.12 bits per heavy atom. The quantitative estimate of drug-likeness (QED) is 0.592. The molecule has 0 spiro atoms. The molecule has 0 radical (unpaired) electrons. The van der Waals surface area contributed by atoms with Crippen molar-refractivity contribution in [1.29, 1.82) is 5.26 Å². The Morgan fingerprint density at radius 2 is 2.00 bits per heavy atom. The van der Waals surface area contributed by atoms with Gasteiger partial charge in [0, 0.05) is 11.6 Å². The van der Waals surface area contributed by atoms with Crippen LogP contribution in [0.5, 0.6) is 0 Å². The number of rotatable bonds is 0. The van der Waals surface area contributed by atoms with E-state index in [9.17, 15) is 4.79 Å². The van der Waals surface area contributed by atoms with Gasteiger partial charge < -0.3 is 4.98 Å². The zero-order chi connectivity index (χ0) is 11.8. The summed E-state index contributed by atoms with van der Waals surface area (Å²) in [6.07, 6.45) is 1.78. The van der Waals surface area contributed by atoms with Crippen LogP contribution in [0.1, 0.15) is 5.56 Å². The zero-order valence-corrected chi connectivity index (χ0v) is 8.90. The third-order valence-electron chi connectivity index (χ3n) is 2.90. The van der Waals surface area contributed by atoms with Gasteiger partial charge >= 0.3 is 0 Å². The van der Waals surface area contributed by atoms with E-state index < -0.39 is 0 Å². The lowest BCUT2D eigenvalue weighted by Crippen LogP contribution is -2.01. The molecule has 0 fully saturated rings. The molecular formula is C14H8N2O. The van der Waals surface area contributed by atoms with Gasteiger partial charge in [-0.3, -0.25) is 4.79 Å². The fourth-order valence-electron chi connectivity index (χ4n) is 2.11. The molecule has 0 bridgehead atoms. The molecule has 3 aromatic rings. The Balaban J connectivity index is 2.68. The van der Waals surface area contributed by atoms with Gasteiger partial charge in [-0.15, -0.1) is 0 Å². The Kier molecular flexibility index (Phi) is 1.96. The topological polar surface area (TPSA) is 56.6 Å². The Hall–Kier alpha value is -2.60. The molecule has 1 aromatic heterocycles. The number of hydrogen-bond acceptors (Lipinski definition) is 2. The molecule has 0 unspecified atom stereocenters. The fraction of sp³-hybridized carbons (Fsp3) is 0. The van der Waals surface area contributed by atoms with Gasteiger partial charge in [0.15, 0.2) is 5.43 Å². The molecule has 0 saturated carbocycles. The minimum atomic E-state index is -0.0629. The van der Waals surface area contributed by atoms with Gasteiger partial charge in [-0.25, -0.2) is 0 Å². The SMILES string of the molecule is N#Cc1ccc(=O)c2c1ccc1ccc[nH]c12. The maximum atomic E-state index is 11.9. The highest BCUT2D eigenvalue weighted by Gasteiger charge is 2.07. The van der Waals surface area contributed by atoms with Gasteiger partial charge in [0.1, 0.15) is 0 Å². The summed E-state index contributed by atoms with van der Waals surface area (Å²) in [5.74, 6) is 0. The van der Waals surface area contributed by atoms with Crippen molar-refractivity contribution in [3.63, 3.8) is 0 Å². The summed E-state index contributed by atoms with van der Waals surface area (Å²) >= 11 is 0. The number of H-pyrrole nitrogens is 1. The predicted octanol–water partition coefficient (Wildman–Crippen LogP) is 2.55. The first kappa shape index (κ1) is 9.61. The van der Waals surface area contributed by atoms with E-state index in [1.165, 1.54) is 6.07 Å². The zero-order valence-electron chi connectivity index (χ0n) is 8.90. The summed E-state index contributed by atoms with van der Waals surface area (Å²) < 4.78 is 0. The molecule has 3 nitrogen and oxygen atoms in total. The molecule has 0 amide bonds. The lowest BCUT2D eigenvalue weighted by atomic mass is 10.0. The number of benzene rings is 2. The van der Waals surface area contributed by atoms with Crippen molar-refractivity contribution in [2.45, 2.75) is 0 Å². The van der Waals surface area contributed by atoms with Gasteiger partial charge in [0.05, 0.1) is 22.5 Å². The van der Waals surface area contributed by atoms with E-state index >= 15 is 0 Å². The number of aromatic nitrogens is 1. The van der Waals surface area contributed by atoms with Crippen molar-refractivity contribution < 1.29 is 0 Å². The van der Waals surface area contributed by atoms with Crippen molar-refractivity contribution >= 4 is 21.7 Å². The fourth-order valence-corrected chi connectivity index (χ4v) is 2.11. The number of hydrogen-bond donors (Lipinski definition) is 1. The van der Waals surface area contributed by atoms with Crippen LogP contribution in [0, 0.1) is 11.3 Å². The van der Waals surface area contributed by atoms with Crippen molar-refractivity contribution in [3.8, 4) is 6.07 Å². The number of nitrogens with one attached hydrogen (secondary N) is 1. The molecule has 1 N–H and O–H groups in total. The Morgan fingerprint density at radius 3 is 2.82 bits per heavy atom. The molecule has 0 aliphatic heterocycles. The third-order valence-corrected chi connectivity index (χ3v) is 2.90. The number of aromatic amines is 1. The van der Waals surface area contributed by atoms with Gasteiger partial charge in [-0.05, 0) is 23.6 Å². The molecule has 3 rings (SSSR count). The largest absolute Gasteiger partial charge is 0.361 e. The summed E-state index contributed by atoms with van der Waals surface area (Å²) in [5, 5.41) is 11.3. The predicted molar refractivity (Wildman–Crippen MR) is 66.8 cm³/mol. The number of nitriles is 1. The van der Waals surface area contributed by atoms with Crippen LogP contribution in [-0.2, 0) is 0 Å². The lowest BCUT2D eigenvalue weighted by Gasteiger charge is -2.03. The van der Waals surface area contributed by atoms with Crippen LogP contribution < -0.4 is 5.43 Å². The van der Waals surface area contributed by atoms with E-state index in [1.54, 1.807) is 12.3 Å². The molecule has 3 heteroatoms. The molecule has 17 heavy (non-hydrogen) atoms. The van der Waals surface area contributed by atoms with Crippen molar-refractivity contribution in [3.05, 3.63) is 58.4 Å². The first-order chi connectivity index (χ1) is 8.31. The first-order valence-corrected chi connectivity index (χ1v) is 5.24. The second kappa shape index (κ2) is 3.46. The van der Waals surface area contributed by atoms with Gasteiger partial charge in [-0.2, -0.15) is 5.26 Å². The summed E-state index contributed by atoms with van der Waals surface area (Å²) in [6, 6.07) is 12.7. The average Bonchev–Trinajstić information content (AvgIpc) is 2.39. The highest BCUT2D eigenvalue weighted by molar-refractivity contribution is 6.06. The first-order valence-electron chi connectivity index (χ1n) is 5.24. The van der Waals surface area contributed by atoms with Crippen molar-refractivity contribution in [1.82, 2.24) is 4.98 Å². The second-order valence-electron chi connectivity index (χ2n) is 3.85. The standard InChI is InChI=1S/C14H8N2O/c15-8-10-4-6-12(17)13-11(10)5-3-9-2-1-7-16-14(9)13/h1-7,16H. The van der Waals surface area contributed by atoms with Crippen molar-refractivity contribution in [2.75, 3.05) is 0 Å². The highest BCUT2D eigenvalue weighted by Crippen LogP contribution is 2.22. The average molecular weight is 220 g/mol. The number of pyridine rings is 1. The Labute approximate surface area is 96.9 Å². The van der Waals surface area contributed by atoms with Crippen LogP contribution in [0.25, 0.3) is 21.7 Å². The maximum Gasteiger partial charge on any atom is 0.188 e. The lowest BCUT2D eigenvalue weighted by molar-refractivity contribution is 1.42. The van der Waals surface area contributed by atoms with E-state index in [1.807, 2.05) is 24.3 Å². The summed E-state index contributed by atoms with van der Waals surface area (Å²) in [7, 11) is 0. The molecule has 0 atom stereocenters. The molecule has 0 aliphatic rings. The van der Waals surface area contributed by atoms with Crippen LogP contribution >= 0.6 is 0 Å². The third kappa shape index (κ3) is 1.31. The maximum absolute atomic E-state index is 11.9. The van der Waals surface area contributed by atoms with E-state index in [4.69, 9.17) is 5.26 Å². The van der Waals surface area contributed by atoms with E-state index in [-0.39, 0.29) is 5.43 Å². The van der Waals surface area contributed by atoms with Crippen LogP contribution in [0.15, 0.2) is 47.4 Å². The van der Waals surface area contributed by atoms with E-state index in [0.717, 1.165) is 10.9 Å². The molecule has 0 saturated heterocycles. The molecule has 0 aliphatic carbocycles. The molecule has 2 aromatic carbocycles. The van der Waals surface area contributed by atoms with Gasteiger partial charge in [-0.1, -0.05) is 18.2 Å². The van der Waals surface area contributed by atoms with Crippen molar-refractivity contribution in [2.24, 2.45) is 0 Å². The Bertz CT molecular complexity index is 825. The summed E-state index contributed by atoms with van der Waals surface area (Å²) in [4.78, 5) is 15.0. The monoisotopic (exact) mass is 220 g/mol. The van der Waals surface area contributed by atoms with Crippen LogP contribution in [-0.4, -0.2) is 4.98 Å². The van der Waals surface area contributed by atoms with Gasteiger partial charge in [0.2, 0.25) is 0 Å². The molecule has 1 heterocycles. The summed E-state index contributed by atoms with van der Waals surface area (Å²) in [6.45, 7) is 0. The van der Waals surface area contributed by atoms with Crippen LogP contribution in [0.2, 0.25) is 0 Å². The van der Waals surface area contributed by atoms with Gasteiger partial charge in [0.25, 0.3) is 0 Å². The normalized spacial score (nSPS) is 10.5. The highest BCUT2D eigenvalue weighted by atomic mass is 16.1. The van der Waals surface area contributed by atoms with Crippen LogP contribution in [0.4, 0.5) is 0 Å². The molecular weight excluding hydrogens is 212 g/mol. The summed E-state index contributed by atoms with van der Waals surface area (Å²) in [5.41, 5.74) is 1.25. The number of nitrogens with zero attached hydrogens (tertiary/aromatic N) is 1. The minimum absolute atomic E-state index is 0.0629. The van der Waals surface area contributed by atoms with Crippen LogP contribution in [0.3, 0.4) is 0 Å².